The molecule has 0 bridgehead atoms. The van der Waals surface area contributed by atoms with E-state index in [1.165, 1.54) is 7.11 Å². The van der Waals surface area contributed by atoms with E-state index in [0.29, 0.717) is 0 Å². The highest BCUT2D eigenvalue weighted by Gasteiger charge is 2.16. The van der Waals surface area contributed by atoms with Crippen LogP contribution in [0.2, 0.25) is 10.0 Å². The Morgan fingerprint density at radius 2 is 1.89 bits per heavy atom. The number of carbonyl (C=O) groups excluding carboxylic acids is 1. The molecular weight excluding hydrogens is 303 g/mol. The third-order valence-corrected chi connectivity index (χ3v) is 3.37. The Morgan fingerprint density at radius 1 is 1.39 bits per heavy atom. The number of hydrogen-bond acceptors (Lipinski definition) is 4. The fourth-order valence-corrected chi connectivity index (χ4v) is 2.42. The zero-order valence-corrected chi connectivity index (χ0v) is 11.6. The summed E-state index contributed by atoms with van der Waals surface area (Å²) < 4.78 is 26.9. The van der Waals surface area contributed by atoms with Crippen molar-refractivity contribution in [2.24, 2.45) is 5.14 Å². The standard InChI is InChI=1S/C9H10Cl2N2O4S/c1-17-4-8(14)13-9-6(10)2-5(3-7(9)11)18(12,15)16/h2-3H,4H2,1H3,(H,13,14)(H2,12,15,16). The van der Waals surface area contributed by atoms with Gasteiger partial charge in [0.05, 0.1) is 20.6 Å². The van der Waals surface area contributed by atoms with Crippen LogP contribution in [0.4, 0.5) is 5.69 Å². The summed E-state index contributed by atoms with van der Waals surface area (Å²) in [6.07, 6.45) is 0. The lowest BCUT2D eigenvalue weighted by Crippen LogP contribution is -2.18. The number of nitrogens with one attached hydrogen (secondary N) is 1. The molecule has 100 valence electrons. The van der Waals surface area contributed by atoms with E-state index < -0.39 is 15.9 Å². The minimum Gasteiger partial charge on any atom is -0.375 e. The molecule has 18 heavy (non-hydrogen) atoms. The molecule has 0 aliphatic carbocycles. The molecule has 0 heterocycles. The number of sulfonamides is 1. The molecule has 3 N–H and O–H groups in total. The van der Waals surface area contributed by atoms with Crippen LogP contribution in [-0.2, 0) is 19.6 Å². The smallest absolute Gasteiger partial charge is 0.250 e. The average molecular weight is 313 g/mol. The molecule has 0 fully saturated rings. The predicted molar refractivity (Wildman–Crippen MR) is 68.3 cm³/mol. The van der Waals surface area contributed by atoms with Gasteiger partial charge in [0, 0.05) is 7.11 Å². The first kappa shape index (κ1) is 15.2. The summed E-state index contributed by atoms with van der Waals surface area (Å²) in [7, 11) is -2.56. The maximum atomic E-state index is 11.3. The molecule has 0 aromatic heterocycles. The first-order valence-electron chi connectivity index (χ1n) is 4.56. The molecule has 0 aliphatic heterocycles. The van der Waals surface area contributed by atoms with Crippen LogP contribution in [0.1, 0.15) is 0 Å². The Hall–Kier alpha value is -0.860. The van der Waals surface area contributed by atoms with E-state index >= 15 is 0 Å². The van der Waals surface area contributed by atoms with Crippen LogP contribution in [0.25, 0.3) is 0 Å². The Balaban J connectivity index is 3.13. The number of nitrogens with two attached hydrogens (primary N) is 1. The second-order valence-electron chi connectivity index (χ2n) is 3.29. The van der Waals surface area contributed by atoms with Gasteiger partial charge in [-0.05, 0) is 12.1 Å². The van der Waals surface area contributed by atoms with E-state index in [1.807, 2.05) is 0 Å². The second-order valence-corrected chi connectivity index (χ2v) is 5.66. The minimum atomic E-state index is -3.91. The van der Waals surface area contributed by atoms with Gasteiger partial charge in [-0.3, -0.25) is 4.79 Å². The van der Waals surface area contributed by atoms with Gasteiger partial charge in [0.1, 0.15) is 6.61 Å². The molecule has 1 amide bonds. The topological polar surface area (TPSA) is 98.5 Å². The van der Waals surface area contributed by atoms with Crippen LogP contribution in [0.15, 0.2) is 17.0 Å². The van der Waals surface area contributed by atoms with Crippen LogP contribution in [-0.4, -0.2) is 28.0 Å². The van der Waals surface area contributed by atoms with Gasteiger partial charge < -0.3 is 10.1 Å². The van der Waals surface area contributed by atoms with Crippen molar-refractivity contribution in [2.45, 2.75) is 4.90 Å². The third-order valence-electron chi connectivity index (χ3n) is 1.88. The summed E-state index contributed by atoms with van der Waals surface area (Å²) >= 11 is 11.6. The molecule has 1 aromatic rings. The van der Waals surface area contributed by atoms with E-state index in [2.05, 4.69) is 10.1 Å². The number of amides is 1. The summed E-state index contributed by atoms with van der Waals surface area (Å²) in [6, 6.07) is 2.20. The predicted octanol–water partition coefficient (Wildman–Crippen LogP) is 1.23. The highest BCUT2D eigenvalue weighted by atomic mass is 35.5. The SMILES string of the molecule is COCC(=O)Nc1c(Cl)cc(S(N)(=O)=O)cc1Cl. The van der Waals surface area contributed by atoms with E-state index in [-0.39, 0.29) is 27.2 Å². The molecule has 1 aromatic carbocycles. The fraction of sp³-hybridized carbons (Fsp3) is 0.222. The molecule has 0 radical (unpaired) electrons. The largest absolute Gasteiger partial charge is 0.375 e. The van der Waals surface area contributed by atoms with Gasteiger partial charge in [-0.25, -0.2) is 13.6 Å². The summed E-state index contributed by atoms with van der Waals surface area (Å²) in [5.41, 5.74) is 0.104. The number of methoxy groups -OCH3 is 1. The number of rotatable bonds is 4. The number of benzene rings is 1. The lowest BCUT2D eigenvalue weighted by atomic mass is 10.3. The molecule has 0 unspecified atom stereocenters. The molecular formula is C9H10Cl2N2O4S. The molecule has 0 spiro atoms. The van der Waals surface area contributed by atoms with Crippen molar-refractivity contribution in [3.8, 4) is 0 Å². The molecule has 0 aliphatic rings. The number of primary sulfonamides is 1. The number of carbonyl (C=O) groups is 1. The van der Waals surface area contributed by atoms with Crippen LogP contribution < -0.4 is 10.5 Å². The van der Waals surface area contributed by atoms with Crippen molar-refractivity contribution >= 4 is 44.8 Å². The van der Waals surface area contributed by atoms with Crippen LogP contribution in [0.5, 0.6) is 0 Å². The number of ether oxygens (including phenoxy) is 1. The van der Waals surface area contributed by atoms with Crippen molar-refractivity contribution in [2.75, 3.05) is 19.0 Å². The molecule has 0 saturated heterocycles. The Kier molecular flexibility index (Phi) is 4.94. The summed E-state index contributed by atoms with van der Waals surface area (Å²) in [6.45, 7) is -0.177. The van der Waals surface area contributed by atoms with Gasteiger partial charge >= 0.3 is 0 Å². The van der Waals surface area contributed by atoms with E-state index in [4.69, 9.17) is 28.3 Å². The maximum Gasteiger partial charge on any atom is 0.250 e. The van der Waals surface area contributed by atoms with Gasteiger partial charge in [0.2, 0.25) is 15.9 Å². The number of anilines is 1. The highest BCUT2D eigenvalue weighted by Crippen LogP contribution is 2.33. The Morgan fingerprint density at radius 3 is 2.28 bits per heavy atom. The number of hydrogen-bond donors (Lipinski definition) is 2. The molecule has 6 nitrogen and oxygen atoms in total. The second kappa shape index (κ2) is 5.85. The van der Waals surface area contributed by atoms with Crippen LogP contribution >= 0.6 is 23.2 Å². The number of halogens is 2. The Bertz CT molecular complexity index is 551. The minimum absolute atomic E-state index is 0.0315. The molecule has 9 heteroatoms. The summed E-state index contributed by atoms with van der Waals surface area (Å²) in [4.78, 5) is 11.1. The Labute approximate surface area is 114 Å². The first-order chi connectivity index (χ1) is 8.25. The average Bonchev–Trinajstić information content (AvgIpc) is 2.22. The zero-order chi connectivity index (χ0) is 13.9. The van der Waals surface area contributed by atoms with Crippen molar-refractivity contribution < 1.29 is 17.9 Å². The normalized spacial score (nSPS) is 11.3. The highest BCUT2D eigenvalue weighted by molar-refractivity contribution is 7.89. The van der Waals surface area contributed by atoms with Gasteiger partial charge in [-0.15, -0.1) is 0 Å². The molecule has 0 saturated carbocycles. The fourth-order valence-electron chi connectivity index (χ4n) is 1.14. The monoisotopic (exact) mass is 312 g/mol. The van der Waals surface area contributed by atoms with Crippen molar-refractivity contribution in [1.29, 1.82) is 0 Å². The van der Waals surface area contributed by atoms with E-state index in [0.717, 1.165) is 12.1 Å². The molecule has 0 atom stereocenters. The van der Waals surface area contributed by atoms with Crippen molar-refractivity contribution in [3.63, 3.8) is 0 Å². The van der Waals surface area contributed by atoms with Crippen LogP contribution in [0.3, 0.4) is 0 Å². The van der Waals surface area contributed by atoms with Gasteiger partial charge in [-0.2, -0.15) is 0 Å². The lowest BCUT2D eigenvalue weighted by Gasteiger charge is -2.10. The van der Waals surface area contributed by atoms with E-state index in [1.54, 1.807) is 0 Å². The zero-order valence-electron chi connectivity index (χ0n) is 9.24. The third kappa shape index (κ3) is 3.82. The van der Waals surface area contributed by atoms with Gasteiger partial charge in [0.15, 0.2) is 0 Å². The van der Waals surface area contributed by atoms with Crippen molar-refractivity contribution in [3.05, 3.63) is 22.2 Å². The maximum absolute atomic E-state index is 11.3. The van der Waals surface area contributed by atoms with Crippen molar-refractivity contribution in [1.82, 2.24) is 0 Å². The first-order valence-corrected chi connectivity index (χ1v) is 6.86. The van der Waals surface area contributed by atoms with E-state index in [9.17, 15) is 13.2 Å². The summed E-state index contributed by atoms with van der Waals surface area (Å²) in [5, 5.41) is 7.27. The lowest BCUT2D eigenvalue weighted by molar-refractivity contribution is -0.119. The van der Waals surface area contributed by atoms with Gasteiger partial charge in [-0.1, -0.05) is 23.2 Å². The summed E-state index contributed by atoms with van der Waals surface area (Å²) in [5.74, 6) is -0.468. The van der Waals surface area contributed by atoms with Gasteiger partial charge in [0.25, 0.3) is 0 Å². The van der Waals surface area contributed by atoms with Crippen LogP contribution in [0, 0.1) is 0 Å². The quantitative estimate of drug-likeness (QED) is 0.873. The molecule has 1 rings (SSSR count).